The molecule has 0 aromatic heterocycles. The molecule has 0 saturated carbocycles. The van der Waals surface area contributed by atoms with Crippen LogP contribution in [0.25, 0.3) is 0 Å². The number of hydrogen-bond acceptors (Lipinski definition) is 2. The average Bonchev–Trinajstić information content (AvgIpc) is 2.54. The fourth-order valence-corrected chi connectivity index (χ4v) is 3.86. The summed E-state index contributed by atoms with van der Waals surface area (Å²) < 4.78 is 0. The molecule has 2 nitrogen and oxygen atoms in total. The van der Waals surface area contributed by atoms with Gasteiger partial charge in [-0.15, -0.1) is 5.41 Å². The topological polar surface area (TPSA) is 37.3 Å². The van der Waals surface area contributed by atoms with E-state index in [-0.39, 0.29) is 48.7 Å². The average molecular weight is 545 g/mol. The van der Waals surface area contributed by atoms with Gasteiger partial charge in [0.25, 0.3) is 0 Å². The van der Waals surface area contributed by atoms with Crippen molar-refractivity contribution in [2.45, 2.75) is 39.0 Å². The van der Waals surface area contributed by atoms with Crippen molar-refractivity contribution in [2.24, 2.45) is 5.41 Å². The molecule has 1 aliphatic rings. The van der Waals surface area contributed by atoms with Crippen LogP contribution >= 0.6 is 0 Å². The predicted octanol–water partition coefficient (Wildman–Crippen LogP) is 4.55. The van der Waals surface area contributed by atoms with Gasteiger partial charge in [0.05, 0.1) is 0 Å². The van der Waals surface area contributed by atoms with Crippen LogP contribution in [-0.4, -0.2) is 10.9 Å². The molecule has 0 aliphatic heterocycles. The van der Waals surface area contributed by atoms with Crippen molar-refractivity contribution in [3.8, 4) is 0 Å². The van der Waals surface area contributed by atoms with Crippen LogP contribution < -0.4 is 0 Å². The van der Waals surface area contributed by atoms with Crippen molar-refractivity contribution in [3.63, 3.8) is 0 Å². The molecule has 1 aliphatic carbocycles. The summed E-state index contributed by atoms with van der Waals surface area (Å²) in [7, 11) is 0. The summed E-state index contributed by atoms with van der Waals surface area (Å²) in [5.41, 5.74) is 3.98. The van der Waals surface area contributed by atoms with Crippen molar-refractivity contribution in [1.82, 2.24) is 0 Å². The number of aryl methyl sites for hydroxylation is 1. The number of benzene rings is 2. The molecule has 24 heavy (non-hydrogen) atoms. The first-order valence-electron chi connectivity index (χ1n) is 8.10. The van der Waals surface area contributed by atoms with E-state index in [1.807, 2.05) is 50.2 Å². The maximum atomic E-state index is 13.0. The second kappa shape index (κ2) is 7.56. The third-order valence-electron chi connectivity index (χ3n) is 5.09. The van der Waals surface area contributed by atoms with Crippen LogP contribution in [-0.2, 0) is 11.2 Å². The van der Waals surface area contributed by atoms with Gasteiger partial charge in [-0.05, 0) is 35.1 Å². The molecule has 0 fully saturated rings. The van der Waals surface area contributed by atoms with Crippen molar-refractivity contribution in [1.29, 1.82) is 0 Å². The third-order valence-corrected chi connectivity index (χ3v) is 5.09. The SMILES string of the molecule is Cc1ccccc1C1C(=O)Cc2ccccc2C1C(C)(C)[CH-]O.[U]. The van der Waals surface area contributed by atoms with Crippen molar-refractivity contribution >= 4 is 5.78 Å². The number of carbonyl (C=O) groups excluding carboxylic acids is 1. The Bertz CT molecular complexity index is 736. The Balaban J connectivity index is 0.00000208. The smallest absolute Gasteiger partial charge is 0.145 e. The first-order valence-corrected chi connectivity index (χ1v) is 8.10. The Morgan fingerprint density at radius 3 is 2.25 bits per heavy atom. The normalized spacial score (nSPS) is 20.2. The summed E-state index contributed by atoms with van der Waals surface area (Å²) >= 11 is 0. The fraction of sp³-hybridized carbons (Fsp3) is 0.333. The summed E-state index contributed by atoms with van der Waals surface area (Å²) in [6.07, 6.45) is 0.465. The van der Waals surface area contributed by atoms with E-state index >= 15 is 0 Å². The van der Waals surface area contributed by atoms with E-state index in [1.54, 1.807) is 0 Å². The van der Waals surface area contributed by atoms with Gasteiger partial charge in [-0.25, -0.2) is 6.61 Å². The van der Waals surface area contributed by atoms with E-state index in [9.17, 15) is 9.90 Å². The molecule has 0 saturated heterocycles. The predicted molar refractivity (Wildman–Crippen MR) is 91.8 cm³/mol. The van der Waals surface area contributed by atoms with E-state index in [1.165, 1.54) is 12.2 Å². The molecule has 0 radical (unpaired) electrons. The zero-order chi connectivity index (χ0) is 16.6. The summed E-state index contributed by atoms with van der Waals surface area (Å²) in [5, 5.41) is 9.86. The molecule has 2 unspecified atom stereocenters. The molecular formula is C21H23O2U-. The number of fused-ring (bicyclic) bond motifs is 1. The Hall–Kier alpha value is -0.878. The number of hydrogen-bond donors (Lipinski definition) is 1. The van der Waals surface area contributed by atoms with Crippen LogP contribution in [0.1, 0.15) is 47.9 Å². The van der Waals surface area contributed by atoms with Crippen molar-refractivity contribution < 1.29 is 41.0 Å². The fourth-order valence-electron chi connectivity index (χ4n) is 3.86. The van der Waals surface area contributed by atoms with Crippen molar-refractivity contribution in [3.05, 3.63) is 77.4 Å². The standard InChI is InChI=1S/C21H23O2.U/c1-14-8-4-6-10-16(14)19-18(23)12-15-9-5-7-11-17(15)20(19)21(2,3)13-22;/h4-11,13,19-20,22H,12H2,1-3H3;/q-1;. The number of aliphatic hydroxyl groups excluding tert-OH is 1. The summed E-state index contributed by atoms with van der Waals surface area (Å²) in [6.45, 7) is 7.30. The Morgan fingerprint density at radius 2 is 1.62 bits per heavy atom. The van der Waals surface area contributed by atoms with Gasteiger partial charge in [-0.2, -0.15) is 0 Å². The van der Waals surface area contributed by atoms with E-state index < -0.39 is 5.41 Å². The summed E-state index contributed by atoms with van der Waals surface area (Å²) in [5.74, 6) is -0.0477. The van der Waals surface area contributed by atoms with Gasteiger partial charge in [-0.1, -0.05) is 62.4 Å². The van der Waals surface area contributed by atoms with E-state index in [0.717, 1.165) is 16.7 Å². The molecule has 124 valence electrons. The molecule has 3 heteroatoms. The Kier molecular flexibility index (Phi) is 6.13. The van der Waals surface area contributed by atoms with Gasteiger partial charge in [0.1, 0.15) is 5.78 Å². The van der Waals surface area contributed by atoms with Gasteiger partial charge in [0, 0.05) is 43.5 Å². The minimum atomic E-state index is -0.487. The van der Waals surface area contributed by atoms with E-state index in [0.29, 0.717) is 6.42 Å². The molecule has 2 aromatic carbocycles. The molecular weight excluding hydrogens is 522 g/mol. The largest absolute Gasteiger partial charge is 0.565 e. The molecule has 0 spiro atoms. The van der Waals surface area contributed by atoms with E-state index in [4.69, 9.17) is 0 Å². The number of carbonyl (C=O) groups is 1. The van der Waals surface area contributed by atoms with Gasteiger partial charge < -0.3 is 5.11 Å². The number of aliphatic hydroxyl groups is 1. The van der Waals surface area contributed by atoms with Crippen LogP contribution in [0.2, 0.25) is 0 Å². The Morgan fingerprint density at radius 1 is 1.04 bits per heavy atom. The Labute approximate surface area is 168 Å². The van der Waals surface area contributed by atoms with Crippen LogP contribution in [0.4, 0.5) is 0 Å². The molecule has 2 atom stereocenters. The maximum absolute atomic E-state index is 13.0. The second-order valence-electron chi connectivity index (χ2n) is 7.10. The molecule has 0 bridgehead atoms. The quantitative estimate of drug-likeness (QED) is 0.575. The zero-order valence-electron chi connectivity index (χ0n) is 14.4. The molecule has 2 aromatic rings. The first-order chi connectivity index (χ1) is 11.0. The van der Waals surface area contributed by atoms with Gasteiger partial charge in [-0.3, -0.25) is 4.79 Å². The van der Waals surface area contributed by atoms with Crippen LogP contribution in [0, 0.1) is 50.1 Å². The van der Waals surface area contributed by atoms with E-state index in [2.05, 4.69) is 19.1 Å². The zero-order valence-corrected chi connectivity index (χ0v) is 18.6. The summed E-state index contributed by atoms with van der Waals surface area (Å²) in [6, 6.07) is 16.2. The van der Waals surface area contributed by atoms with Crippen LogP contribution in [0.3, 0.4) is 0 Å². The molecule has 1 N–H and O–H groups in total. The summed E-state index contributed by atoms with van der Waals surface area (Å²) in [4.78, 5) is 13.0. The maximum Gasteiger partial charge on any atom is 0.145 e. The van der Waals surface area contributed by atoms with Gasteiger partial charge >= 0.3 is 0 Å². The van der Waals surface area contributed by atoms with Crippen molar-refractivity contribution in [2.75, 3.05) is 0 Å². The van der Waals surface area contributed by atoms with Crippen LogP contribution in [0.15, 0.2) is 48.5 Å². The van der Waals surface area contributed by atoms with Gasteiger partial charge in [0.15, 0.2) is 0 Å². The second-order valence-corrected chi connectivity index (χ2v) is 7.10. The monoisotopic (exact) mass is 545 g/mol. The minimum absolute atomic E-state index is 0. The molecule has 0 amide bonds. The molecule has 3 rings (SSSR count). The molecule has 0 heterocycles. The number of Topliss-reactive ketones (excluding diaryl/α,β-unsaturated/α-hetero) is 1. The number of rotatable bonds is 3. The first kappa shape index (κ1) is 19.4. The van der Waals surface area contributed by atoms with Gasteiger partial charge in [0.2, 0.25) is 0 Å². The number of ketones is 1. The van der Waals surface area contributed by atoms with Crippen LogP contribution in [0.5, 0.6) is 0 Å². The third kappa shape index (κ3) is 3.40. The minimum Gasteiger partial charge on any atom is -0.565 e.